The standard InChI is InChI=1S/C18H12FN3S/c19-14-8-6-13(7-9-14)16(12-20)17-10-11-18(22-21-17)23-15-4-2-1-3-5-15/h1-11,16H. The Bertz CT molecular complexity index is 812. The molecule has 1 aromatic heterocycles. The fourth-order valence-electron chi connectivity index (χ4n) is 2.11. The molecule has 0 aliphatic heterocycles. The molecular weight excluding hydrogens is 309 g/mol. The molecule has 1 heterocycles. The molecule has 2 aromatic carbocycles. The topological polar surface area (TPSA) is 49.6 Å². The van der Waals surface area contributed by atoms with Gasteiger partial charge in [-0.25, -0.2) is 4.39 Å². The Morgan fingerprint density at radius 1 is 0.913 bits per heavy atom. The predicted molar refractivity (Wildman–Crippen MR) is 86.5 cm³/mol. The van der Waals surface area contributed by atoms with Crippen LogP contribution in [0.4, 0.5) is 4.39 Å². The number of aromatic nitrogens is 2. The monoisotopic (exact) mass is 321 g/mol. The van der Waals surface area contributed by atoms with Crippen molar-refractivity contribution in [1.82, 2.24) is 10.2 Å². The van der Waals surface area contributed by atoms with Crippen molar-refractivity contribution in [3.63, 3.8) is 0 Å². The lowest BCUT2D eigenvalue weighted by atomic mass is 9.97. The molecule has 0 amide bonds. The van der Waals surface area contributed by atoms with Gasteiger partial charge in [0.15, 0.2) is 0 Å². The van der Waals surface area contributed by atoms with Gasteiger partial charge in [-0.2, -0.15) is 10.4 Å². The molecule has 3 nitrogen and oxygen atoms in total. The minimum absolute atomic E-state index is 0.328. The fraction of sp³-hybridized carbons (Fsp3) is 0.0556. The third-order valence-electron chi connectivity index (χ3n) is 3.25. The summed E-state index contributed by atoms with van der Waals surface area (Å²) in [6.45, 7) is 0. The molecule has 5 heteroatoms. The van der Waals surface area contributed by atoms with Crippen molar-refractivity contribution in [1.29, 1.82) is 5.26 Å². The van der Waals surface area contributed by atoms with E-state index in [2.05, 4.69) is 16.3 Å². The lowest BCUT2D eigenvalue weighted by Crippen LogP contribution is -2.03. The number of halogens is 1. The van der Waals surface area contributed by atoms with Crippen molar-refractivity contribution < 1.29 is 4.39 Å². The molecule has 0 saturated carbocycles. The Hall–Kier alpha value is -2.71. The first-order chi connectivity index (χ1) is 11.3. The first-order valence-corrected chi connectivity index (χ1v) is 7.79. The molecule has 0 radical (unpaired) electrons. The minimum atomic E-state index is -0.557. The largest absolute Gasteiger partial charge is 0.207 e. The predicted octanol–water partition coefficient (Wildman–Crippen LogP) is 4.42. The molecule has 3 rings (SSSR count). The molecule has 0 bridgehead atoms. The molecule has 1 unspecified atom stereocenters. The van der Waals surface area contributed by atoms with E-state index in [4.69, 9.17) is 0 Å². The van der Waals surface area contributed by atoms with Crippen LogP contribution in [0.25, 0.3) is 0 Å². The van der Waals surface area contributed by atoms with E-state index >= 15 is 0 Å². The van der Waals surface area contributed by atoms with Crippen LogP contribution in [0, 0.1) is 17.1 Å². The molecule has 1 atom stereocenters. The third-order valence-corrected chi connectivity index (χ3v) is 4.19. The number of hydrogen-bond acceptors (Lipinski definition) is 4. The Labute approximate surface area is 137 Å². The van der Waals surface area contributed by atoms with Crippen LogP contribution in [0.15, 0.2) is 76.7 Å². The highest BCUT2D eigenvalue weighted by molar-refractivity contribution is 7.99. The molecule has 0 aliphatic rings. The van der Waals surface area contributed by atoms with Gasteiger partial charge in [-0.3, -0.25) is 0 Å². The Balaban J connectivity index is 1.80. The maximum Gasteiger partial charge on any atom is 0.124 e. The molecule has 23 heavy (non-hydrogen) atoms. The number of hydrogen-bond donors (Lipinski definition) is 0. The molecule has 0 aliphatic carbocycles. The van der Waals surface area contributed by atoms with Gasteiger partial charge in [-0.1, -0.05) is 42.1 Å². The normalized spacial score (nSPS) is 11.7. The van der Waals surface area contributed by atoms with Crippen LogP contribution >= 0.6 is 11.8 Å². The minimum Gasteiger partial charge on any atom is -0.207 e. The molecule has 0 saturated heterocycles. The first-order valence-electron chi connectivity index (χ1n) is 6.98. The maximum atomic E-state index is 13.0. The van der Waals surface area contributed by atoms with Crippen molar-refractivity contribution in [3.8, 4) is 6.07 Å². The van der Waals surface area contributed by atoms with Crippen LogP contribution < -0.4 is 0 Å². The first kappa shape index (κ1) is 15.2. The number of nitrogens with zero attached hydrogens (tertiary/aromatic N) is 3. The summed E-state index contributed by atoms with van der Waals surface area (Å²) in [6, 6.07) is 21.6. The highest BCUT2D eigenvalue weighted by Crippen LogP contribution is 2.27. The van der Waals surface area contributed by atoms with Crippen LogP contribution in [0.1, 0.15) is 17.2 Å². The summed E-state index contributed by atoms with van der Waals surface area (Å²) in [5.74, 6) is -0.884. The van der Waals surface area contributed by atoms with E-state index in [1.54, 1.807) is 18.2 Å². The van der Waals surface area contributed by atoms with E-state index in [-0.39, 0.29) is 5.82 Å². The quantitative estimate of drug-likeness (QED) is 0.713. The van der Waals surface area contributed by atoms with Gasteiger partial charge in [-0.05, 0) is 42.0 Å². The van der Waals surface area contributed by atoms with Gasteiger partial charge >= 0.3 is 0 Å². The van der Waals surface area contributed by atoms with Gasteiger partial charge in [0.25, 0.3) is 0 Å². The van der Waals surface area contributed by atoms with Gasteiger partial charge in [0.1, 0.15) is 16.8 Å². The summed E-state index contributed by atoms with van der Waals surface area (Å²) in [5.41, 5.74) is 1.25. The Morgan fingerprint density at radius 2 is 1.65 bits per heavy atom. The van der Waals surface area contributed by atoms with E-state index in [1.165, 1.54) is 23.9 Å². The average Bonchev–Trinajstić information content (AvgIpc) is 2.60. The van der Waals surface area contributed by atoms with Crippen LogP contribution in [0.5, 0.6) is 0 Å². The number of benzene rings is 2. The Kier molecular flexibility index (Phi) is 4.65. The van der Waals surface area contributed by atoms with Crippen molar-refractivity contribution >= 4 is 11.8 Å². The van der Waals surface area contributed by atoms with Gasteiger partial charge in [-0.15, -0.1) is 5.10 Å². The van der Waals surface area contributed by atoms with E-state index in [1.807, 2.05) is 36.4 Å². The van der Waals surface area contributed by atoms with Crippen molar-refractivity contribution in [3.05, 3.63) is 83.8 Å². The van der Waals surface area contributed by atoms with Crippen molar-refractivity contribution in [2.24, 2.45) is 0 Å². The highest BCUT2D eigenvalue weighted by atomic mass is 32.2. The second-order valence-corrected chi connectivity index (χ2v) is 5.92. The summed E-state index contributed by atoms with van der Waals surface area (Å²) in [7, 11) is 0. The maximum absolute atomic E-state index is 13.0. The molecular formula is C18H12FN3S. The summed E-state index contributed by atoms with van der Waals surface area (Å²) < 4.78 is 13.0. The summed E-state index contributed by atoms with van der Waals surface area (Å²) in [6.07, 6.45) is 0. The van der Waals surface area contributed by atoms with Crippen LogP contribution in [-0.2, 0) is 0 Å². The third kappa shape index (κ3) is 3.74. The molecule has 0 fully saturated rings. The van der Waals surface area contributed by atoms with Gasteiger partial charge < -0.3 is 0 Å². The Morgan fingerprint density at radius 3 is 2.26 bits per heavy atom. The van der Waals surface area contributed by atoms with E-state index in [9.17, 15) is 9.65 Å². The van der Waals surface area contributed by atoms with Gasteiger partial charge in [0.2, 0.25) is 0 Å². The van der Waals surface area contributed by atoms with Crippen molar-refractivity contribution in [2.45, 2.75) is 15.8 Å². The SMILES string of the molecule is N#CC(c1ccc(F)cc1)c1ccc(Sc2ccccc2)nn1. The van der Waals surface area contributed by atoms with E-state index < -0.39 is 5.92 Å². The van der Waals surface area contributed by atoms with Crippen LogP contribution in [0.3, 0.4) is 0 Å². The lowest BCUT2D eigenvalue weighted by Gasteiger charge is -2.08. The average molecular weight is 321 g/mol. The number of nitriles is 1. The zero-order valence-electron chi connectivity index (χ0n) is 12.1. The van der Waals surface area contributed by atoms with Gasteiger partial charge in [0.05, 0.1) is 11.8 Å². The second-order valence-electron chi connectivity index (χ2n) is 4.83. The molecule has 0 spiro atoms. The smallest absolute Gasteiger partial charge is 0.124 e. The fourth-order valence-corrected chi connectivity index (χ4v) is 2.87. The molecule has 0 N–H and O–H groups in total. The zero-order chi connectivity index (χ0) is 16.1. The van der Waals surface area contributed by atoms with Gasteiger partial charge in [0, 0.05) is 4.90 Å². The summed E-state index contributed by atoms with van der Waals surface area (Å²) in [5, 5.41) is 18.5. The van der Waals surface area contributed by atoms with E-state index in [0.717, 1.165) is 9.92 Å². The summed E-state index contributed by atoms with van der Waals surface area (Å²) in [4.78, 5) is 1.07. The molecule has 112 valence electrons. The van der Waals surface area contributed by atoms with Crippen molar-refractivity contribution in [2.75, 3.05) is 0 Å². The molecule has 3 aromatic rings. The van der Waals surface area contributed by atoms with Crippen LogP contribution in [0.2, 0.25) is 0 Å². The summed E-state index contributed by atoms with van der Waals surface area (Å²) >= 11 is 1.51. The zero-order valence-corrected chi connectivity index (χ0v) is 12.9. The van der Waals surface area contributed by atoms with E-state index in [0.29, 0.717) is 11.3 Å². The number of rotatable bonds is 4. The second kappa shape index (κ2) is 7.03. The lowest BCUT2D eigenvalue weighted by molar-refractivity contribution is 0.627. The van der Waals surface area contributed by atoms with Crippen LogP contribution in [-0.4, -0.2) is 10.2 Å². The highest BCUT2D eigenvalue weighted by Gasteiger charge is 2.15.